The molecule has 1 unspecified atom stereocenters. The number of benzene rings is 6. The highest BCUT2D eigenvalue weighted by Crippen LogP contribution is 2.51. The topological polar surface area (TPSA) is 13.1 Å². The lowest BCUT2D eigenvalue weighted by atomic mass is 9.95. The summed E-state index contributed by atoms with van der Waals surface area (Å²) in [6, 6.07) is 51.1. The van der Waals surface area contributed by atoms with E-state index in [0.717, 1.165) is 12.1 Å². The van der Waals surface area contributed by atoms with Gasteiger partial charge in [-0.2, -0.15) is 0 Å². The molecule has 0 saturated carbocycles. The fourth-order valence-electron chi connectivity index (χ4n) is 8.87. The van der Waals surface area contributed by atoms with Crippen molar-refractivity contribution in [3.8, 4) is 22.5 Å². The predicted molar refractivity (Wildman–Crippen MR) is 258 cm³/mol. The molecule has 0 N–H and O–H groups in total. The lowest BCUT2D eigenvalue weighted by molar-refractivity contribution is 0.830. The van der Waals surface area contributed by atoms with Crippen LogP contribution in [0.3, 0.4) is 0 Å². The molecule has 3 nitrogen and oxygen atoms in total. The van der Waals surface area contributed by atoms with E-state index in [-0.39, 0.29) is 6.04 Å². The standard InChI is InChI=1S/C49H37N3.C5H8.C2H6/c1-3-16-38-42-29-30-43-40-24-12-14-26-46(40)52(49(43)48(42)51(44(38)4-2)36-20-9-6-10-21-36)37-22-15-17-33(31-37)34-27-28-41-39-23-11-13-25-45(39)50(47(41)32-34)35-18-7-5-8-19-35;1-3-5-4-2;1-2/h3-25,27-32,46H,1,26H2,2H3;3-5H,1H2,2H3;1-2H3/b38-16-,44-4+;5-4-;. The molecule has 0 radical (unpaired) electrons. The minimum Gasteiger partial charge on any atom is -0.331 e. The third-order valence-corrected chi connectivity index (χ3v) is 11.2. The van der Waals surface area contributed by atoms with E-state index in [1.165, 1.54) is 82.6 Å². The zero-order valence-electron chi connectivity index (χ0n) is 34.5. The fraction of sp³-hybridized carbons (Fsp3) is 0.107. The molecule has 0 bridgehead atoms. The van der Waals surface area contributed by atoms with Gasteiger partial charge in [0.25, 0.3) is 0 Å². The van der Waals surface area contributed by atoms with Crippen LogP contribution in [0.15, 0.2) is 195 Å². The van der Waals surface area contributed by atoms with E-state index in [2.05, 4.69) is 204 Å². The van der Waals surface area contributed by atoms with Gasteiger partial charge in [-0.15, -0.1) is 0 Å². The zero-order chi connectivity index (χ0) is 40.9. The lowest BCUT2D eigenvalue weighted by Crippen LogP contribution is -2.29. The normalized spacial score (nSPS) is 14.8. The molecule has 0 saturated heterocycles. The molecule has 8 aromatic rings. The Hall–Kier alpha value is -7.10. The first-order chi connectivity index (χ1) is 29.2. The quantitative estimate of drug-likeness (QED) is 0.154. The summed E-state index contributed by atoms with van der Waals surface area (Å²) < 4.78 is 4.84. The van der Waals surface area contributed by atoms with Crippen molar-refractivity contribution in [3.05, 3.63) is 211 Å². The van der Waals surface area contributed by atoms with Gasteiger partial charge in [0, 0.05) is 49.4 Å². The first-order valence-electron chi connectivity index (χ1n) is 20.8. The Morgan fingerprint density at radius 2 is 1.27 bits per heavy atom. The molecule has 3 heterocycles. The SMILES string of the molecule is C=C/C=C\C.C=C/C=c1\c(=C/C)n(-c2ccccc2)c2c3c(ccc12)C1=CC=CCC1N3c1cccc(-c2ccc3c4ccccc4n(-c4ccccc4)c3c2)c1.CC. The molecule has 1 atom stereocenters. The highest BCUT2D eigenvalue weighted by atomic mass is 15.2. The maximum atomic E-state index is 4.10. The van der Waals surface area contributed by atoms with Crippen LogP contribution in [0.2, 0.25) is 0 Å². The molecular formula is C56H51N3. The molecule has 1 aliphatic heterocycles. The third kappa shape index (κ3) is 6.79. The molecule has 3 heteroatoms. The van der Waals surface area contributed by atoms with Crippen molar-refractivity contribution in [2.45, 2.75) is 40.2 Å². The fourth-order valence-corrected chi connectivity index (χ4v) is 8.87. The Bertz CT molecular complexity index is 3040. The van der Waals surface area contributed by atoms with Gasteiger partial charge in [-0.1, -0.05) is 173 Å². The first-order valence-corrected chi connectivity index (χ1v) is 20.8. The molecule has 1 aliphatic carbocycles. The third-order valence-electron chi connectivity index (χ3n) is 11.2. The van der Waals surface area contributed by atoms with Crippen molar-refractivity contribution >= 4 is 61.8 Å². The van der Waals surface area contributed by atoms with Gasteiger partial charge in [0.2, 0.25) is 0 Å². The molecule has 0 amide bonds. The van der Waals surface area contributed by atoms with Crippen molar-refractivity contribution in [2.24, 2.45) is 0 Å². The second-order valence-corrected chi connectivity index (χ2v) is 14.4. The summed E-state index contributed by atoms with van der Waals surface area (Å²) in [6.45, 7) is 15.7. The highest BCUT2D eigenvalue weighted by Gasteiger charge is 2.37. The van der Waals surface area contributed by atoms with E-state index in [1.807, 2.05) is 39.0 Å². The molecule has 2 aliphatic rings. The van der Waals surface area contributed by atoms with Gasteiger partial charge >= 0.3 is 0 Å². The number of fused-ring (bicyclic) bond motifs is 8. The summed E-state index contributed by atoms with van der Waals surface area (Å²) in [5, 5.41) is 6.12. The average molecular weight is 766 g/mol. The summed E-state index contributed by atoms with van der Waals surface area (Å²) >= 11 is 0. The van der Waals surface area contributed by atoms with Gasteiger partial charge in [-0.05, 0) is 85.5 Å². The van der Waals surface area contributed by atoms with E-state index in [9.17, 15) is 0 Å². The van der Waals surface area contributed by atoms with E-state index in [0.29, 0.717) is 0 Å². The second kappa shape index (κ2) is 17.2. The van der Waals surface area contributed by atoms with Crippen LogP contribution in [-0.2, 0) is 0 Å². The first kappa shape index (κ1) is 38.8. The summed E-state index contributed by atoms with van der Waals surface area (Å²) in [6.07, 6.45) is 19.7. The van der Waals surface area contributed by atoms with Crippen molar-refractivity contribution in [3.63, 3.8) is 0 Å². The molecule has 2 aromatic heterocycles. The molecule has 290 valence electrons. The highest BCUT2D eigenvalue weighted by molar-refractivity contribution is 6.11. The minimum atomic E-state index is 0.198. The number of anilines is 2. The number of nitrogens with zero attached hydrogens (tertiary/aromatic N) is 3. The van der Waals surface area contributed by atoms with Crippen LogP contribution in [0, 0.1) is 0 Å². The van der Waals surface area contributed by atoms with Crippen molar-refractivity contribution in [1.82, 2.24) is 9.13 Å². The number of allylic oxidation sites excluding steroid dienone is 6. The predicted octanol–water partition coefficient (Wildman–Crippen LogP) is 13.8. The molecule has 0 fully saturated rings. The maximum Gasteiger partial charge on any atom is 0.0785 e. The van der Waals surface area contributed by atoms with Crippen LogP contribution in [0.5, 0.6) is 0 Å². The summed E-state index contributed by atoms with van der Waals surface area (Å²) in [5.74, 6) is 0. The van der Waals surface area contributed by atoms with Gasteiger partial charge in [0.1, 0.15) is 0 Å². The molecule has 10 rings (SSSR count). The van der Waals surface area contributed by atoms with Gasteiger partial charge in [-0.3, -0.25) is 0 Å². The van der Waals surface area contributed by atoms with Crippen LogP contribution < -0.4 is 15.5 Å². The van der Waals surface area contributed by atoms with Crippen LogP contribution in [-0.4, -0.2) is 15.2 Å². The van der Waals surface area contributed by atoms with Gasteiger partial charge in [-0.25, -0.2) is 0 Å². The Kier molecular flexibility index (Phi) is 11.3. The van der Waals surface area contributed by atoms with Crippen LogP contribution in [0.4, 0.5) is 11.4 Å². The average Bonchev–Trinajstić information content (AvgIpc) is 3.93. The largest absolute Gasteiger partial charge is 0.331 e. The molecule has 0 spiro atoms. The van der Waals surface area contributed by atoms with Gasteiger partial charge in [0.15, 0.2) is 0 Å². The Balaban J connectivity index is 0.000000646. The van der Waals surface area contributed by atoms with E-state index in [1.54, 1.807) is 6.08 Å². The van der Waals surface area contributed by atoms with Crippen LogP contribution in [0.25, 0.3) is 72.9 Å². The summed E-state index contributed by atoms with van der Waals surface area (Å²) in [4.78, 5) is 2.60. The van der Waals surface area contributed by atoms with Gasteiger partial charge in [0.05, 0.1) is 28.3 Å². The minimum absolute atomic E-state index is 0.198. The van der Waals surface area contributed by atoms with Crippen molar-refractivity contribution < 1.29 is 0 Å². The Labute approximate surface area is 348 Å². The Morgan fingerprint density at radius 1 is 0.610 bits per heavy atom. The van der Waals surface area contributed by atoms with E-state index >= 15 is 0 Å². The smallest absolute Gasteiger partial charge is 0.0785 e. The number of hydrogen-bond acceptors (Lipinski definition) is 1. The molecule has 59 heavy (non-hydrogen) atoms. The van der Waals surface area contributed by atoms with Crippen molar-refractivity contribution in [2.75, 3.05) is 4.90 Å². The maximum absolute atomic E-state index is 4.10. The lowest BCUT2D eigenvalue weighted by Gasteiger charge is -2.29. The van der Waals surface area contributed by atoms with Crippen molar-refractivity contribution in [1.29, 1.82) is 0 Å². The second-order valence-electron chi connectivity index (χ2n) is 14.4. The summed E-state index contributed by atoms with van der Waals surface area (Å²) in [5.41, 5.74) is 13.5. The monoisotopic (exact) mass is 765 g/mol. The van der Waals surface area contributed by atoms with Crippen LogP contribution in [0.1, 0.15) is 39.7 Å². The Morgan fingerprint density at radius 3 is 1.97 bits per heavy atom. The number of hydrogen-bond donors (Lipinski definition) is 0. The number of rotatable bonds is 6. The molecular weight excluding hydrogens is 715 g/mol. The number of aromatic nitrogens is 2. The van der Waals surface area contributed by atoms with Gasteiger partial charge < -0.3 is 14.0 Å². The molecule has 6 aromatic carbocycles. The van der Waals surface area contributed by atoms with E-state index < -0.39 is 0 Å². The zero-order valence-corrected chi connectivity index (χ0v) is 34.5. The van der Waals surface area contributed by atoms with E-state index in [4.69, 9.17) is 0 Å². The van der Waals surface area contributed by atoms with Crippen LogP contribution >= 0.6 is 0 Å². The summed E-state index contributed by atoms with van der Waals surface area (Å²) in [7, 11) is 0. The number of para-hydroxylation sites is 3.